The first-order chi connectivity index (χ1) is 15.5. The summed E-state index contributed by atoms with van der Waals surface area (Å²) in [6, 6.07) is 4.60. The maximum Gasteiger partial charge on any atom is 0.410 e. The first kappa shape index (κ1) is 23.8. The van der Waals surface area contributed by atoms with Gasteiger partial charge in [0.05, 0.1) is 30.8 Å². The third-order valence-electron chi connectivity index (χ3n) is 5.42. The highest BCUT2D eigenvalue weighted by Gasteiger charge is 2.36. The van der Waals surface area contributed by atoms with E-state index < -0.39 is 29.3 Å². The molecule has 1 fully saturated rings. The van der Waals surface area contributed by atoms with Gasteiger partial charge in [0, 0.05) is 26.7 Å². The lowest BCUT2D eigenvalue weighted by Gasteiger charge is -2.43. The van der Waals surface area contributed by atoms with Gasteiger partial charge in [0.15, 0.2) is 0 Å². The predicted molar refractivity (Wildman–Crippen MR) is 122 cm³/mol. The highest BCUT2D eigenvalue weighted by atomic mass is 16.6. The molecule has 1 atom stereocenters. The zero-order valence-electron chi connectivity index (χ0n) is 19.4. The molecule has 11 heteroatoms. The third kappa shape index (κ3) is 4.84. The number of piperazine rings is 1. The highest BCUT2D eigenvalue weighted by molar-refractivity contribution is 5.95. The standard InChI is InChI=1S/C22H28N6O5/c1-22(2,3)33-21(31)27-8-9-28(14(12-27)10-16(29)32-5)19-17(24)20(30)26(4)15-7-6-13(11-23)25-18(15)19/h6-7,14H,8-10,12,24H2,1-5H3. The van der Waals surface area contributed by atoms with Crippen LogP contribution in [-0.2, 0) is 21.3 Å². The number of amides is 1. The smallest absolute Gasteiger partial charge is 0.410 e. The minimum absolute atomic E-state index is 0.0480. The highest BCUT2D eigenvalue weighted by Crippen LogP contribution is 2.33. The van der Waals surface area contributed by atoms with Gasteiger partial charge in [-0.15, -0.1) is 0 Å². The molecule has 0 radical (unpaired) electrons. The first-order valence-electron chi connectivity index (χ1n) is 10.5. The normalized spacial score (nSPS) is 16.4. The number of rotatable bonds is 3. The molecule has 33 heavy (non-hydrogen) atoms. The van der Waals surface area contributed by atoms with Crippen molar-refractivity contribution in [3.05, 3.63) is 28.2 Å². The fraction of sp³-hybridized carbons (Fsp3) is 0.500. The van der Waals surface area contributed by atoms with Gasteiger partial charge in [-0.1, -0.05) is 0 Å². The molecule has 2 N–H and O–H groups in total. The second kappa shape index (κ2) is 8.97. The molecule has 1 amide bonds. The van der Waals surface area contributed by atoms with E-state index in [1.165, 1.54) is 22.6 Å². The summed E-state index contributed by atoms with van der Waals surface area (Å²) in [5.74, 6) is -0.478. The Morgan fingerprint density at radius 1 is 1.30 bits per heavy atom. The molecular formula is C22H28N6O5. The van der Waals surface area contributed by atoms with Crippen molar-refractivity contribution in [2.45, 2.75) is 38.8 Å². The van der Waals surface area contributed by atoms with Crippen LogP contribution in [0.3, 0.4) is 0 Å². The first-order valence-corrected chi connectivity index (χ1v) is 10.5. The van der Waals surface area contributed by atoms with Crippen molar-refractivity contribution >= 4 is 34.5 Å². The van der Waals surface area contributed by atoms with E-state index in [-0.39, 0.29) is 37.4 Å². The van der Waals surface area contributed by atoms with Crippen LogP contribution in [-0.4, -0.2) is 64.9 Å². The Kier molecular flexibility index (Phi) is 6.48. The summed E-state index contributed by atoms with van der Waals surface area (Å²) in [6.45, 7) is 6.03. The summed E-state index contributed by atoms with van der Waals surface area (Å²) >= 11 is 0. The summed E-state index contributed by atoms with van der Waals surface area (Å²) in [6.07, 6.45) is -0.548. The number of hydrogen-bond acceptors (Lipinski definition) is 9. The molecule has 0 saturated carbocycles. The summed E-state index contributed by atoms with van der Waals surface area (Å²) in [5, 5.41) is 9.34. The van der Waals surface area contributed by atoms with Crippen molar-refractivity contribution in [2.24, 2.45) is 7.05 Å². The van der Waals surface area contributed by atoms with Crippen LogP contribution in [0.15, 0.2) is 16.9 Å². The number of hydrogen-bond donors (Lipinski definition) is 1. The number of nitriles is 1. The summed E-state index contributed by atoms with van der Waals surface area (Å²) in [5.41, 5.74) is 6.48. The number of pyridine rings is 2. The van der Waals surface area contributed by atoms with E-state index in [1.807, 2.05) is 6.07 Å². The number of ether oxygens (including phenoxy) is 2. The third-order valence-corrected chi connectivity index (χ3v) is 5.42. The van der Waals surface area contributed by atoms with Crippen molar-refractivity contribution in [3.8, 4) is 6.07 Å². The van der Waals surface area contributed by atoms with Crippen LogP contribution in [0.2, 0.25) is 0 Å². The van der Waals surface area contributed by atoms with Gasteiger partial charge in [-0.25, -0.2) is 9.78 Å². The Hall–Kier alpha value is -3.81. The van der Waals surface area contributed by atoms with Gasteiger partial charge in [-0.2, -0.15) is 5.26 Å². The molecule has 1 unspecified atom stereocenters. The predicted octanol–water partition coefficient (Wildman–Crippen LogP) is 1.38. The number of nitrogen functional groups attached to an aromatic ring is 1. The lowest BCUT2D eigenvalue weighted by atomic mass is 10.1. The van der Waals surface area contributed by atoms with Gasteiger partial charge in [0.2, 0.25) is 0 Å². The fourth-order valence-corrected chi connectivity index (χ4v) is 3.86. The molecule has 0 spiro atoms. The van der Waals surface area contributed by atoms with E-state index in [1.54, 1.807) is 38.8 Å². The molecule has 11 nitrogen and oxygen atoms in total. The molecular weight excluding hydrogens is 428 g/mol. The van der Waals surface area contributed by atoms with Crippen molar-refractivity contribution in [1.29, 1.82) is 5.26 Å². The Bertz CT molecular complexity index is 1190. The maximum absolute atomic E-state index is 12.9. The Morgan fingerprint density at radius 2 is 2.00 bits per heavy atom. The molecule has 3 rings (SSSR count). The fourth-order valence-electron chi connectivity index (χ4n) is 3.86. The second-order valence-electron chi connectivity index (χ2n) is 8.86. The van der Waals surface area contributed by atoms with E-state index in [9.17, 15) is 19.6 Å². The Labute approximate surface area is 191 Å². The number of fused-ring (bicyclic) bond motifs is 1. The van der Waals surface area contributed by atoms with Gasteiger partial charge in [0.1, 0.15) is 28.6 Å². The van der Waals surface area contributed by atoms with Crippen LogP contribution in [0, 0.1) is 11.3 Å². The van der Waals surface area contributed by atoms with Crippen LogP contribution in [0.1, 0.15) is 32.9 Å². The largest absolute Gasteiger partial charge is 0.469 e. The number of aromatic nitrogens is 2. The zero-order chi connectivity index (χ0) is 24.5. The lowest BCUT2D eigenvalue weighted by molar-refractivity contribution is -0.141. The van der Waals surface area contributed by atoms with Crippen LogP contribution in [0.5, 0.6) is 0 Å². The van der Waals surface area contributed by atoms with Crippen molar-refractivity contribution in [3.63, 3.8) is 0 Å². The Balaban J connectivity index is 2.10. The molecule has 0 aliphatic carbocycles. The van der Waals surface area contributed by atoms with Crippen LogP contribution in [0.25, 0.3) is 11.0 Å². The molecule has 3 heterocycles. The summed E-state index contributed by atoms with van der Waals surface area (Å²) in [7, 11) is 2.86. The number of esters is 1. The van der Waals surface area contributed by atoms with Gasteiger partial charge >= 0.3 is 12.1 Å². The summed E-state index contributed by atoms with van der Waals surface area (Å²) in [4.78, 5) is 45.4. The van der Waals surface area contributed by atoms with Gasteiger partial charge in [0.25, 0.3) is 5.56 Å². The van der Waals surface area contributed by atoms with Gasteiger partial charge < -0.3 is 29.6 Å². The molecule has 1 aliphatic rings. The van der Waals surface area contributed by atoms with Crippen molar-refractivity contribution in [2.75, 3.05) is 37.4 Å². The minimum Gasteiger partial charge on any atom is -0.469 e. The zero-order valence-corrected chi connectivity index (χ0v) is 19.4. The summed E-state index contributed by atoms with van der Waals surface area (Å²) < 4.78 is 11.7. The molecule has 0 aromatic carbocycles. The topological polar surface area (TPSA) is 144 Å². The van der Waals surface area contributed by atoms with E-state index in [0.717, 1.165) is 0 Å². The average Bonchev–Trinajstić information content (AvgIpc) is 2.76. The molecule has 1 aliphatic heterocycles. The van der Waals surface area contributed by atoms with E-state index in [4.69, 9.17) is 15.2 Å². The quantitative estimate of drug-likeness (QED) is 0.677. The number of carbonyl (C=O) groups is 2. The second-order valence-corrected chi connectivity index (χ2v) is 8.86. The number of nitrogens with two attached hydrogens (primary N) is 1. The number of carbonyl (C=O) groups excluding carboxylic acids is 2. The van der Waals surface area contributed by atoms with Crippen LogP contribution >= 0.6 is 0 Å². The number of methoxy groups -OCH3 is 1. The maximum atomic E-state index is 12.9. The Morgan fingerprint density at radius 3 is 2.61 bits per heavy atom. The number of nitrogens with zero attached hydrogens (tertiary/aromatic N) is 5. The minimum atomic E-state index is -0.671. The molecule has 2 aromatic rings. The monoisotopic (exact) mass is 456 g/mol. The molecule has 0 bridgehead atoms. The van der Waals surface area contributed by atoms with Gasteiger partial charge in [-0.05, 0) is 32.9 Å². The van der Waals surface area contributed by atoms with Crippen molar-refractivity contribution < 1.29 is 19.1 Å². The van der Waals surface area contributed by atoms with Crippen LogP contribution in [0.4, 0.5) is 16.2 Å². The lowest BCUT2D eigenvalue weighted by Crippen LogP contribution is -2.56. The van der Waals surface area contributed by atoms with Gasteiger partial charge in [-0.3, -0.25) is 9.59 Å². The number of anilines is 2. The van der Waals surface area contributed by atoms with Crippen LogP contribution < -0.4 is 16.2 Å². The number of aryl methyl sites for hydroxylation is 1. The van der Waals surface area contributed by atoms with E-state index >= 15 is 0 Å². The van der Waals surface area contributed by atoms with Crippen molar-refractivity contribution in [1.82, 2.24) is 14.5 Å². The van der Waals surface area contributed by atoms with E-state index in [2.05, 4.69) is 4.98 Å². The average molecular weight is 457 g/mol. The molecule has 1 saturated heterocycles. The van der Waals surface area contributed by atoms with E-state index in [0.29, 0.717) is 16.7 Å². The molecule has 2 aromatic heterocycles. The SMILES string of the molecule is COC(=O)CC1CN(C(=O)OC(C)(C)C)CCN1c1c(N)c(=O)n(C)c2ccc(C#N)nc12. The molecule has 176 valence electrons.